The van der Waals surface area contributed by atoms with Crippen LogP contribution in [0.3, 0.4) is 0 Å². The van der Waals surface area contributed by atoms with Crippen molar-refractivity contribution >= 4 is 33.3 Å². The number of hydrogen-bond acceptors (Lipinski definition) is 7. The molecule has 0 bridgehead atoms. The first-order valence-electron chi connectivity index (χ1n) is 7.63. The van der Waals surface area contributed by atoms with Crippen LogP contribution in [0.15, 0.2) is 40.1 Å². The predicted molar refractivity (Wildman–Crippen MR) is 94.6 cm³/mol. The molecule has 1 atom stereocenters. The van der Waals surface area contributed by atoms with Crippen LogP contribution in [0.1, 0.15) is 28.9 Å². The van der Waals surface area contributed by atoms with Crippen molar-refractivity contribution < 1.29 is 27.9 Å². The molecule has 0 saturated carbocycles. The average molecular weight is 398 g/mol. The highest BCUT2D eigenvalue weighted by Crippen LogP contribution is 2.22. The number of carbonyl (C=O) groups is 2. The van der Waals surface area contributed by atoms with Crippen molar-refractivity contribution in [3.63, 3.8) is 0 Å². The molecule has 1 unspecified atom stereocenters. The maximum Gasteiger partial charge on any atom is 0.358 e. The smallest absolute Gasteiger partial charge is 0.358 e. The van der Waals surface area contributed by atoms with Crippen LogP contribution in [0.4, 0.5) is 0 Å². The summed E-state index contributed by atoms with van der Waals surface area (Å²) in [5.41, 5.74) is 1.81. The van der Waals surface area contributed by atoms with Gasteiger partial charge in [-0.3, -0.25) is 4.79 Å². The van der Waals surface area contributed by atoms with Crippen molar-refractivity contribution in [2.75, 3.05) is 7.11 Å². The van der Waals surface area contributed by atoms with E-state index in [1.165, 1.54) is 5.51 Å². The normalized spacial score (nSPS) is 12.5. The lowest BCUT2D eigenvalue weighted by molar-refractivity contribution is -0.137. The van der Waals surface area contributed by atoms with Crippen molar-refractivity contribution in [3.8, 4) is 0 Å². The minimum Gasteiger partial charge on any atom is -0.481 e. The van der Waals surface area contributed by atoms with E-state index >= 15 is 0 Å². The van der Waals surface area contributed by atoms with Gasteiger partial charge in [0, 0.05) is 12.5 Å². The maximum atomic E-state index is 12.7. The summed E-state index contributed by atoms with van der Waals surface area (Å²) in [6.45, 7) is 0. The minimum absolute atomic E-state index is 0.107. The van der Waals surface area contributed by atoms with Crippen LogP contribution in [0, 0.1) is 0 Å². The molecular weight excluding hydrogens is 380 g/mol. The zero-order chi connectivity index (χ0) is 19.2. The first-order valence-corrected chi connectivity index (χ1v) is 9.99. The summed E-state index contributed by atoms with van der Waals surface area (Å²) in [5.74, 6) is -1.87. The molecule has 0 aliphatic carbocycles. The highest BCUT2D eigenvalue weighted by atomic mass is 32.2. The van der Waals surface area contributed by atoms with E-state index in [0.717, 1.165) is 24.0 Å². The van der Waals surface area contributed by atoms with Gasteiger partial charge in [0.25, 0.3) is 10.0 Å². The number of nitrogens with one attached hydrogen (secondary N) is 1. The number of carboxylic acids is 1. The van der Waals surface area contributed by atoms with E-state index in [-0.39, 0.29) is 22.7 Å². The lowest BCUT2D eigenvalue weighted by Gasteiger charge is -2.18. The number of sulfonamides is 1. The molecule has 0 fully saturated rings. The van der Waals surface area contributed by atoms with E-state index < -0.39 is 28.0 Å². The Balaban J connectivity index is 2.24. The van der Waals surface area contributed by atoms with Crippen LogP contribution in [-0.2, 0) is 26.0 Å². The molecule has 0 spiro atoms. The van der Waals surface area contributed by atoms with Gasteiger partial charge in [-0.2, -0.15) is 0 Å². The fourth-order valence-electron chi connectivity index (χ4n) is 2.33. The summed E-state index contributed by atoms with van der Waals surface area (Å²) >= 11 is 0.794. The topological polar surface area (TPSA) is 123 Å². The Morgan fingerprint density at radius 3 is 2.62 bits per heavy atom. The number of thiazole rings is 1. The van der Waals surface area contributed by atoms with Crippen LogP contribution in [-0.4, -0.2) is 43.6 Å². The van der Waals surface area contributed by atoms with Gasteiger partial charge in [0.2, 0.25) is 0 Å². The van der Waals surface area contributed by atoms with Crippen LogP contribution < -0.4 is 4.72 Å². The second-order valence-corrected chi connectivity index (χ2v) is 8.18. The lowest BCUT2D eigenvalue weighted by Crippen LogP contribution is -2.37. The van der Waals surface area contributed by atoms with E-state index in [2.05, 4.69) is 14.4 Å². The number of aliphatic carboxylic acids is 1. The summed E-state index contributed by atoms with van der Waals surface area (Å²) in [5, 5.41) is 8.91. The van der Waals surface area contributed by atoms with Crippen molar-refractivity contribution in [2.24, 2.45) is 0 Å². The zero-order valence-electron chi connectivity index (χ0n) is 13.9. The van der Waals surface area contributed by atoms with Crippen molar-refractivity contribution in [3.05, 3.63) is 47.1 Å². The number of aromatic nitrogens is 1. The van der Waals surface area contributed by atoms with E-state index in [4.69, 9.17) is 5.11 Å². The molecule has 2 aromatic rings. The van der Waals surface area contributed by atoms with Gasteiger partial charge in [0.05, 0.1) is 12.6 Å². The molecule has 0 radical (unpaired) electrons. The quantitative estimate of drug-likeness (QED) is 0.616. The molecule has 2 rings (SSSR count). The van der Waals surface area contributed by atoms with Gasteiger partial charge < -0.3 is 9.84 Å². The monoisotopic (exact) mass is 398 g/mol. The number of carboxylic acid groups (broad SMARTS) is 1. The summed E-state index contributed by atoms with van der Waals surface area (Å²) < 4.78 is 32.2. The highest BCUT2D eigenvalue weighted by Gasteiger charge is 2.29. The summed E-state index contributed by atoms with van der Waals surface area (Å²) in [6.07, 6.45) is 0.238. The Bertz CT molecular complexity index is 864. The van der Waals surface area contributed by atoms with Crippen LogP contribution >= 0.6 is 11.3 Å². The van der Waals surface area contributed by atoms with Crippen molar-refractivity contribution in [2.45, 2.75) is 29.5 Å². The molecule has 140 valence electrons. The number of methoxy groups -OCH3 is 1. The fraction of sp³-hybridized carbons (Fsp3) is 0.312. The van der Waals surface area contributed by atoms with Gasteiger partial charge in [-0.25, -0.2) is 22.9 Å². The molecule has 26 heavy (non-hydrogen) atoms. The van der Waals surface area contributed by atoms with Crippen LogP contribution in [0.25, 0.3) is 0 Å². The molecule has 1 heterocycles. The Hall–Kier alpha value is -2.30. The first-order chi connectivity index (χ1) is 12.3. The second-order valence-electron chi connectivity index (χ2n) is 5.42. The number of nitrogens with zero attached hydrogens (tertiary/aromatic N) is 1. The number of hydrogen-bond donors (Lipinski definition) is 2. The number of ether oxygens (including phenoxy) is 1. The van der Waals surface area contributed by atoms with Crippen molar-refractivity contribution in [1.82, 2.24) is 9.71 Å². The van der Waals surface area contributed by atoms with Gasteiger partial charge in [-0.05, 0) is 18.4 Å². The highest BCUT2D eigenvalue weighted by molar-refractivity contribution is 7.91. The SMILES string of the molecule is COC(=O)c1ncsc1S(=O)(=O)NC(CCC(=O)O)Cc1ccccc1. The summed E-state index contributed by atoms with van der Waals surface area (Å²) in [7, 11) is -2.92. The molecule has 10 heteroatoms. The van der Waals surface area contributed by atoms with Crippen LogP contribution in [0.5, 0.6) is 0 Å². The van der Waals surface area contributed by atoms with Gasteiger partial charge in [-0.15, -0.1) is 11.3 Å². The molecular formula is C16H18N2O6S2. The third kappa shape index (κ3) is 5.35. The molecule has 1 aromatic carbocycles. The molecule has 2 N–H and O–H groups in total. The zero-order valence-corrected chi connectivity index (χ0v) is 15.5. The van der Waals surface area contributed by atoms with Crippen molar-refractivity contribution in [1.29, 1.82) is 0 Å². The maximum absolute atomic E-state index is 12.7. The Kier molecular flexibility index (Phi) is 6.83. The Morgan fingerprint density at radius 1 is 1.31 bits per heavy atom. The van der Waals surface area contributed by atoms with Gasteiger partial charge in [-0.1, -0.05) is 30.3 Å². The Morgan fingerprint density at radius 2 is 2.00 bits per heavy atom. The molecule has 0 amide bonds. The standard InChI is InChI=1S/C16H18N2O6S2/c1-24-15(21)14-16(25-10-17-14)26(22,23)18-12(7-8-13(19)20)9-11-5-3-2-4-6-11/h2-6,10,12,18H,7-9H2,1H3,(H,19,20). The molecule has 0 aliphatic heterocycles. The third-order valence-electron chi connectivity index (χ3n) is 3.51. The van der Waals surface area contributed by atoms with Gasteiger partial charge >= 0.3 is 11.9 Å². The van der Waals surface area contributed by atoms with Gasteiger partial charge in [0.15, 0.2) is 9.90 Å². The molecule has 0 aliphatic rings. The lowest BCUT2D eigenvalue weighted by atomic mass is 10.0. The fourth-order valence-corrected chi connectivity index (χ4v) is 4.75. The largest absolute Gasteiger partial charge is 0.481 e. The summed E-state index contributed by atoms with van der Waals surface area (Å²) in [6, 6.07) is 8.47. The van der Waals surface area contributed by atoms with E-state index in [0.29, 0.717) is 6.42 Å². The number of benzene rings is 1. The first kappa shape index (κ1) is 20.0. The van der Waals surface area contributed by atoms with E-state index in [1.807, 2.05) is 30.3 Å². The summed E-state index contributed by atoms with van der Waals surface area (Å²) in [4.78, 5) is 26.3. The molecule has 0 saturated heterocycles. The average Bonchev–Trinajstić information content (AvgIpc) is 3.10. The minimum atomic E-state index is -4.06. The number of carbonyl (C=O) groups excluding carboxylic acids is 1. The third-order valence-corrected chi connectivity index (χ3v) is 6.40. The van der Waals surface area contributed by atoms with E-state index in [1.54, 1.807) is 0 Å². The predicted octanol–water partition coefficient (Wildman–Crippen LogP) is 1.68. The van der Waals surface area contributed by atoms with Gasteiger partial charge in [0.1, 0.15) is 0 Å². The molecule has 8 nitrogen and oxygen atoms in total. The van der Waals surface area contributed by atoms with Crippen LogP contribution in [0.2, 0.25) is 0 Å². The number of rotatable bonds is 9. The number of esters is 1. The molecule has 1 aromatic heterocycles. The Labute approximate surface area is 154 Å². The second kappa shape index (κ2) is 8.88. The van der Waals surface area contributed by atoms with E-state index in [9.17, 15) is 18.0 Å².